The van der Waals surface area contributed by atoms with Gasteiger partial charge in [-0.1, -0.05) is 0 Å². The van der Waals surface area contributed by atoms with Crippen LogP contribution in [0.2, 0.25) is 0 Å². The van der Waals surface area contributed by atoms with E-state index in [2.05, 4.69) is 15.6 Å². The Labute approximate surface area is 158 Å². The topological polar surface area (TPSA) is 84.2 Å². The van der Waals surface area contributed by atoms with Gasteiger partial charge in [-0.05, 0) is 49.2 Å². The Kier molecular flexibility index (Phi) is 4.72. The van der Waals surface area contributed by atoms with Gasteiger partial charge in [-0.15, -0.1) is 11.3 Å². The predicted molar refractivity (Wildman–Crippen MR) is 98.1 cm³/mol. The molecule has 6 nitrogen and oxygen atoms in total. The highest BCUT2D eigenvalue weighted by atomic mass is 32.1. The van der Waals surface area contributed by atoms with Crippen molar-refractivity contribution in [3.05, 3.63) is 70.4 Å². The average molecular weight is 385 g/mol. The fourth-order valence-electron chi connectivity index (χ4n) is 3.02. The average Bonchev–Trinajstić information content (AvgIpc) is 3.37. The first-order valence-corrected chi connectivity index (χ1v) is 9.28. The number of amides is 2. The number of carbonyl (C=O) groups is 2. The van der Waals surface area contributed by atoms with E-state index in [0.717, 1.165) is 11.3 Å². The van der Waals surface area contributed by atoms with Crippen LogP contribution in [0.3, 0.4) is 0 Å². The maximum atomic E-state index is 13.0. The van der Waals surface area contributed by atoms with Crippen molar-refractivity contribution in [2.45, 2.75) is 25.3 Å². The van der Waals surface area contributed by atoms with Crippen molar-refractivity contribution in [2.75, 3.05) is 5.32 Å². The van der Waals surface area contributed by atoms with Crippen LogP contribution in [0.1, 0.15) is 39.0 Å². The van der Waals surface area contributed by atoms with Gasteiger partial charge in [-0.25, -0.2) is 9.37 Å². The molecule has 0 spiro atoms. The lowest BCUT2D eigenvalue weighted by atomic mass is 10.1. The predicted octanol–water partition coefficient (Wildman–Crippen LogP) is 3.47. The Morgan fingerprint density at radius 3 is 2.81 bits per heavy atom. The third kappa shape index (κ3) is 3.75. The van der Waals surface area contributed by atoms with Gasteiger partial charge in [-0.2, -0.15) is 0 Å². The number of thiazole rings is 1. The molecular formula is C19H16FN3O3S. The molecule has 4 rings (SSSR count). The van der Waals surface area contributed by atoms with Crippen molar-refractivity contribution in [2.24, 2.45) is 0 Å². The summed E-state index contributed by atoms with van der Waals surface area (Å²) < 4.78 is 18.2. The summed E-state index contributed by atoms with van der Waals surface area (Å²) in [6, 6.07) is 8.86. The van der Waals surface area contributed by atoms with E-state index in [1.807, 2.05) is 0 Å². The van der Waals surface area contributed by atoms with Crippen molar-refractivity contribution in [1.29, 1.82) is 0 Å². The van der Waals surface area contributed by atoms with Crippen LogP contribution in [0, 0.1) is 5.82 Å². The highest BCUT2D eigenvalue weighted by Crippen LogP contribution is 2.38. The third-order valence-electron chi connectivity index (χ3n) is 4.38. The molecule has 1 aliphatic carbocycles. The van der Waals surface area contributed by atoms with Gasteiger partial charge >= 0.3 is 0 Å². The van der Waals surface area contributed by atoms with E-state index in [1.54, 1.807) is 18.4 Å². The van der Waals surface area contributed by atoms with Crippen LogP contribution in [0.15, 0.2) is 47.1 Å². The molecule has 0 saturated carbocycles. The number of halogens is 1. The normalized spacial score (nSPS) is 15.4. The SMILES string of the molecule is O=C(Nc1nc2c(s1)CC[C@H]2C(=O)NCc1ccco1)c1ccc(F)cc1. The number of hydrogen-bond donors (Lipinski definition) is 2. The highest BCUT2D eigenvalue weighted by Gasteiger charge is 2.32. The Bertz CT molecular complexity index is 967. The molecule has 3 aromatic rings. The summed E-state index contributed by atoms with van der Waals surface area (Å²) in [5.74, 6) is -0.508. The van der Waals surface area contributed by atoms with Crippen LogP contribution in [0.25, 0.3) is 0 Å². The van der Waals surface area contributed by atoms with Crippen LogP contribution in [0.5, 0.6) is 0 Å². The van der Waals surface area contributed by atoms with Gasteiger partial charge in [0.1, 0.15) is 11.6 Å². The van der Waals surface area contributed by atoms with Crippen molar-refractivity contribution in [3.63, 3.8) is 0 Å². The lowest BCUT2D eigenvalue weighted by Gasteiger charge is -2.09. The maximum absolute atomic E-state index is 13.0. The lowest BCUT2D eigenvalue weighted by molar-refractivity contribution is -0.122. The van der Waals surface area contributed by atoms with Crippen molar-refractivity contribution >= 4 is 28.3 Å². The summed E-state index contributed by atoms with van der Waals surface area (Å²) in [5, 5.41) is 6.02. The molecule has 8 heteroatoms. The first-order valence-electron chi connectivity index (χ1n) is 8.47. The monoisotopic (exact) mass is 385 g/mol. The molecular weight excluding hydrogens is 369 g/mol. The fraction of sp³-hybridized carbons (Fsp3) is 0.211. The van der Waals surface area contributed by atoms with Gasteiger partial charge in [0.15, 0.2) is 5.13 Å². The van der Waals surface area contributed by atoms with E-state index in [0.29, 0.717) is 35.1 Å². The van der Waals surface area contributed by atoms with Crippen molar-refractivity contribution in [1.82, 2.24) is 10.3 Å². The van der Waals surface area contributed by atoms with Crippen molar-refractivity contribution < 1.29 is 18.4 Å². The van der Waals surface area contributed by atoms with Gasteiger partial charge in [0, 0.05) is 10.4 Å². The number of carbonyl (C=O) groups excluding carboxylic acids is 2. The van der Waals surface area contributed by atoms with E-state index in [9.17, 15) is 14.0 Å². The second kappa shape index (κ2) is 7.32. The van der Waals surface area contributed by atoms with E-state index in [-0.39, 0.29) is 17.7 Å². The number of hydrogen-bond acceptors (Lipinski definition) is 5. The molecule has 0 radical (unpaired) electrons. The summed E-state index contributed by atoms with van der Waals surface area (Å²) >= 11 is 1.37. The molecule has 2 N–H and O–H groups in total. The number of benzene rings is 1. The summed E-state index contributed by atoms with van der Waals surface area (Å²) in [7, 11) is 0. The van der Waals surface area contributed by atoms with E-state index >= 15 is 0 Å². The maximum Gasteiger partial charge on any atom is 0.257 e. The molecule has 0 aliphatic heterocycles. The lowest BCUT2D eigenvalue weighted by Crippen LogP contribution is -2.28. The van der Waals surface area contributed by atoms with E-state index in [4.69, 9.17) is 4.42 Å². The smallest absolute Gasteiger partial charge is 0.257 e. The van der Waals surface area contributed by atoms with E-state index in [1.165, 1.54) is 35.6 Å². The molecule has 0 fully saturated rings. The van der Waals surface area contributed by atoms with Gasteiger partial charge < -0.3 is 9.73 Å². The Morgan fingerprint density at radius 1 is 1.26 bits per heavy atom. The largest absolute Gasteiger partial charge is 0.467 e. The summed E-state index contributed by atoms with van der Waals surface area (Å²) in [5.41, 5.74) is 1.06. The Morgan fingerprint density at radius 2 is 2.07 bits per heavy atom. The zero-order chi connectivity index (χ0) is 18.8. The number of rotatable bonds is 5. The molecule has 138 valence electrons. The fourth-order valence-corrected chi connectivity index (χ4v) is 4.05. The number of furan rings is 1. The number of nitrogens with zero attached hydrogens (tertiary/aromatic N) is 1. The first kappa shape index (κ1) is 17.4. The molecule has 2 aromatic heterocycles. The minimum atomic E-state index is -0.400. The number of aryl methyl sites for hydroxylation is 1. The van der Waals surface area contributed by atoms with Gasteiger partial charge in [0.2, 0.25) is 5.91 Å². The minimum absolute atomic E-state index is 0.105. The quantitative estimate of drug-likeness (QED) is 0.704. The van der Waals surface area contributed by atoms with Crippen LogP contribution in [0.4, 0.5) is 9.52 Å². The minimum Gasteiger partial charge on any atom is -0.467 e. The standard InChI is InChI=1S/C19H16FN3O3S/c20-12-5-3-11(4-6-12)17(24)23-19-22-16-14(7-8-15(16)27-19)18(25)21-10-13-2-1-9-26-13/h1-6,9,14H,7-8,10H2,(H,21,25)(H,22,23,24)/t14-/m1/s1. The second-order valence-corrected chi connectivity index (χ2v) is 7.26. The molecule has 0 unspecified atom stereocenters. The molecule has 1 aliphatic rings. The Balaban J connectivity index is 1.42. The van der Waals surface area contributed by atoms with Crippen LogP contribution in [-0.4, -0.2) is 16.8 Å². The number of anilines is 1. The van der Waals surface area contributed by atoms with Crippen molar-refractivity contribution in [3.8, 4) is 0 Å². The molecule has 2 amide bonds. The van der Waals surface area contributed by atoms with Crippen LogP contribution < -0.4 is 10.6 Å². The third-order valence-corrected chi connectivity index (χ3v) is 5.42. The van der Waals surface area contributed by atoms with Gasteiger partial charge in [-0.3, -0.25) is 14.9 Å². The molecule has 2 heterocycles. The number of nitrogens with one attached hydrogen (secondary N) is 2. The number of fused-ring (bicyclic) bond motifs is 1. The van der Waals surface area contributed by atoms with E-state index < -0.39 is 5.82 Å². The van der Waals surface area contributed by atoms with Gasteiger partial charge in [0.05, 0.1) is 24.4 Å². The van der Waals surface area contributed by atoms with Crippen LogP contribution in [-0.2, 0) is 17.8 Å². The number of aromatic nitrogens is 1. The molecule has 1 atom stereocenters. The highest BCUT2D eigenvalue weighted by molar-refractivity contribution is 7.16. The molecule has 0 bridgehead atoms. The van der Waals surface area contributed by atoms with Gasteiger partial charge in [0.25, 0.3) is 5.91 Å². The first-order chi connectivity index (χ1) is 13.1. The molecule has 0 saturated heterocycles. The zero-order valence-electron chi connectivity index (χ0n) is 14.2. The summed E-state index contributed by atoms with van der Waals surface area (Å²) in [6.07, 6.45) is 3.01. The molecule has 27 heavy (non-hydrogen) atoms. The zero-order valence-corrected chi connectivity index (χ0v) is 15.0. The summed E-state index contributed by atoms with van der Waals surface area (Å²) in [4.78, 5) is 30.2. The second-order valence-electron chi connectivity index (χ2n) is 6.18. The molecule has 1 aromatic carbocycles. The van der Waals surface area contributed by atoms with Crippen LogP contribution >= 0.6 is 11.3 Å². The summed E-state index contributed by atoms with van der Waals surface area (Å²) in [6.45, 7) is 0.329. The Hall–Kier alpha value is -3.00.